The molecule has 4 nitrogen and oxygen atoms in total. The van der Waals surface area contributed by atoms with E-state index in [0.29, 0.717) is 17.5 Å². The Morgan fingerprint density at radius 2 is 2.09 bits per heavy atom. The molecule has 1 aliphatic rings. The van der Waals surface area contributed by atoms with Crippen LogP contribution >= 0.6 is 23.4 Å². The molecule has 3 rings (SSSR count). The van der Waals surface area contributed by atoms with Gasteiger partial charge in [0.2, 0.25) is 0 Å². The van der Waals surface area contributed by atoms with E-state index >= 15 is 0 Å². The number of carbonyl (C=O) groups excluding carboxylic acids is 1. The molecule has 6 heteroatoms. The number of benzene rings is 1. The first-order chi connectivity index (χ1) is 11.1. The first-order valence-electron chi connectivity index (χ1n) is 7.59. The maximum absolute atomic E-state index is 12.6. The standard InChI is InChI=1S/C17H18ClN3OS/c1-12-10-20-15(11-19-12)17(22)21-7-6-16(23-9-8-21)13-4-2-3-5-14(13)18/h2-5,10-11,16H,6-9H2,1H3/t16-/m1/s1. The van der Waals surface area contributed by atoms with Gasteiger partial charge in [-0.25, -0.2) is 4.98 Å². The van der Waals surface area contributed by atoms with E-state index in [0.717, 1.165) is 35.0 Å². The quantitative estimate of drug-likeness (QED) is 0.829. The second-order valence-electron chi connectivity index (χ2n) is 5.50. The molecular formula is C17H18ClN3OS. The minimum atomic E-state index is -0.0436. The molecule has 2 heterocycles. The second-order valence-corrected chi connectivity index (χ2v) is 7.22. The lowest BCUT2D eigenvalue weighted by Crippen LogP contribution is -2.33. The number of aromatic nitrogens is 2. The zero-order valence-corrected chi connectivity index (χ0v) is 14.5. The molecule has 0 saturated carbocycles. The fourth-order valence-electron chi connectivity index (χ4n) is 2.62. The van der Waals surface area contributed by atoms with Crippen molar-refractivity contribution in [1.29, 1.82) is 0 Å². The van der Waals surface area contributed by atoms with Crippen molar-refractivity contribution in [1.82, 2.24) is 14.9 Å². The van der Waals surface area contributed by atoms with Crippen molar-refractivity contribution in [2.75, 3.05) is 18.8 Å². The van der Waals surface area contributed by atoms with Crippen LogP contribution < -0.4 is 0 Å². The smallest absolute Gasteiger partial charge is 0.274 e. The predicted molar refractivity (Wildman–Crippen MR) is 93.9 cm³/mol. The molecule has 0 N–H and O–H groups in total. The molecule has 0 unspecified atom stereocenters. The number of rotatable bonds is 2. The lowest BCUT2D eigenvalue weighted by molar-refractivity contribution is 0.0760. The van der Waals surface area contributed by atoms with Crippen LogP contribution in [0.4, 0.5) is 0 Å². The lowest BCUT2D eigenvalue weighted by atomic mass is 10.1. The maximum atomic E-state index is 12.6. The zero-order valence-electron chi connectivity index (χ0n) is 12.9. The van der Waals surface area contributed by atoms with Crippen LogP contribution in [0.15, 0.2) is 36.7 Å². The Morgan fingerprint density at radius 3 is 2.83 bits per heavy atom. The third-order valence-corrected chi connectivity index (χ3v) is 5.54. The summed E-state index contributed by atoms with van der Waals surface area (Å²) in [7, 11) is 0. The number of nitrogens with zero attached hydrogens (tertiary/aromatic N) is 3. The molecule has 2 aromatic rings. The van der Waals surface area contributed by atoms with Gasteiger partial charge in [-0.3, -0.25) is 9.78 Å². The first kappa shape index (κ1) is 16.3. The largest absolute Gasteiger partial charge is 0.336 e. The van der Waals surface area contributed by atoms with Gasteiger partial charge in [0.25, 0.3) is 5.91 Å². The number of thioether (sulfide) groups is 1. The maximum Gasteiger partial charge on any atom is 0.274 e. The summed E-state index contributed by atoms with van der Waals surface area (Å²) in [5.74, 6) is 0.846. The Morgan fingerprint density at radius 1 is 1.26 bits per heavy atom. The fraction of sp³-hybridized carbons (Fsp3) is 0.353. The van der Waals surface area contributed by atoms with Gasteiger partial charge in [-0.15, -0.1) is 0 Å². The lowest BCUT2D eigenvalue weighted by Gasteiger charge is -2.20. The predicted octanol–water partition coefficient (Wildman–Crippen LogP) is 3.76. The van der Waals surface area contributed by atoms with Gasteiger partial charge in [0.15, 0.2) is 0 Å². The number of hydrogen-bond acceptors (Lipinski definition) is 4. The van der Waals surface area contributed by atoms with Crippen molar-refractivity contribution in [3.05, 3.63) is 58.6 Å². The molecule has 1 aromatic heterocycles. The number of aryl methyl sites for hydroxylation is 1. The molecule has 1 saturated heterocycles. The summed E-state index contributed by atoms with van der Waals surface area (Å²) >= 11 is 8.16. The molecule has 0 aliphatic carbocycles. The average molecular weight is 348 g/mol. The van der Waals surface area contributed by atoms with Gasteiger partial charge in [0, 0.05) is 35.3 Å². The molecule has 120 valence electrons. The summed E-state index contributed by atoms with van der Waals surface area (Å²) in [5.41, 5.74) is 2.38. The third-order valence-electron chi connectivity index (χ3n) is 3.88. The van der Waals surface area contributed by atoms with Crippen molar-refractivity contribution >= 4 is 29.3 Å². The average Bonchev–Trinajstić information content (AvgIpc) is 2.81. The van der Waals surface area contributed by atoms with E-state index in [9.17, 15) is 4.79 Å². The zero-order chi connectivity index (χ0) is 16.2. The monoisotopic (exact) mass is 347 g/mol. The summed E-state index contributed by atoms with van der Waals surface area (Å²) in [4.78, 5) is 22.8. The molecule has 0 spiro atoms. The Hall–Kier alpha value is -1.59. The fourth-order valence-corrected chi connectivity index (χ4v) is 4.22. The van der Waals surface area contributed by atoms with Crippen LogP contribution in [0.1, 0.15) is 33.4 Å². The van der Waals surface area contributed by atoms with Gasteiger partial charge in [0.05, 0.1) is 11.9 Å². The molecule has 1 amide bonds. The minimum Gasteiger partial charge on any atom is -0.336 e. The van der Waals surface area contributed by atoms with Crippen LogP contribution in [0.2, 0.25) is 5.02 Å². The molecule has 23 heavy (non-hydrogen) atoms. The van der Waals surface area contributed by atoms with Gasteiger partial charge in [-0.05, 0) is 25.0 Å². The van der Waals surface area contributed by atoms with Crippen LogP contribution in [0.3, 0.4) is 0 Å². The summed E-state index contributed by atoms with van der Waals surface area (Å²) in [5, 5.41) is 1.12. The van der Waals surface area contributed by atoms with Crippen LogP contribution in [0, 0.1) is 6.92 Å². The van der Waals surface area contributed by atoms with Crippen molar-refractivity contribution < 1.29 is 4.79 Å². The number of carbonyl (C=O) groups is 1. The van der Waals surface area contributed by atoms with E-state index in [-0.39, 0.29) is 5.91 Å². The van der Waals surface area contributed by atoms with Crippen LogP contribution in [-0.2, 0) is 0 Å². The van der Waals surface area contributed by atoms with E-state index in [2.05, 4.69) is 16.0 Å². The van der Waals surface area contributed by atoms with Gasteiger partial charge >= 0.3 is 0 Å². The van der Waals surface area contributed by atoms with E-state index in [1.54, 1.807) is 12.4 Å². The number of amides is 1. The second kappa shape index (κ2) is 7.32. The summed E-state index contributed by atoms with van der Waals surface area (Å²) in [6, 6.07) is 7.95. The van der Waals surface area contributed by atoms with Crippen molar-refractivity contribution in [2.24, 2.45) is 0 Å². The Kier molecular flexibility index (Phi) is 5.18. The highest BCUT2D eigenvalue weighted by molar-refractivity contribution is 7.99. The van der Waals surface area contributed by atoms with Crippen molar-refractivity contribution in [3.63, 3.8) is 0 Å². The van der Waals surface area contributed by atoms with Gasteiger partial charge in [-0.1, -0.05) is 29.8 Å². The molecule has 1 aliphatic heterocycles. The summed E-state index contributed by atoms with van der Waals surface area (Å²) in [6.45, 7) is 3.29. The molecular weight excluding hydrogens is 330 g/mol. The first-order valence-corrected chi connectivity index (χ1v) is 9.02. The molecule has 1 atom stereocenters. The highest BCUT2D eigenvalue weighted by atomic mass is 35.5. The Bertz CT molecular complexity index is 692. The van der Waals surface area contributed by atoms with Crippen LogP contribution in [-0.4, -0.2) is 39.6 Å². The van der Waals surface area contributed by atoms with E-state index < -0.39 is 0 Å². The third kappa shape index (κ3) is 3.85. The van der Waals surface area contributed by atoms with Gasteiger partial charge in [0.1, 0.15) is 5.69 Å². The Balaban J connectivity index is 1.70. The van der Waals surface area contributed by atoms with E-state index in [1.165, 1.54) is 0 Å². The minimum absolute atomic E-state index is 0.0436. The number of halogens is 1. The molecule has 1 fully saturated rings. The SMILES string of the molecule is Cc1cnc(C(=O)N2CCS[C@@H](c3ccccc3Cl)CC2)cn1. The Labute approximate surface area is 145 Å². The highest BCUT2D eigenvalue weighted by Gasteiger charge is 2.24. The number of hydrogen-bond donors (Lipinski definition) is 0. The highest BCUT2D eigenvalue weighted by Crippen LogP contribution is 2.37. The molecule has 0 bridgehead atoms. The molecule has 0 radical (unpaired) electrons. The van der Waals surface area contributed by atoms with E-state index in [1.807, 2.05) is 41.8 Å². The van der Waals surface area contributed by atoms with Crippen LogP contribution in [0.25, 0.3) is 0 Å². The topological polar surface area (TPSA) is 46.1 Å². The summed E-state index contributed by atoms with van der Waals surface area (Å²) in [6.07, 6.45) is 4.08. The van der Waals surface area contributed by atoms with Crippen LogP contribution in [0.5, 0.6) is 0 Å². The summed E-state index contributed by atoms with van der Waals surface area (Å²) < 4.78 is 0. The van der Waals surface area contributed by atoms with Gasteiger partial charge in [-0.2, -0.15) is 11.8 Å². The van der Waals surface area contributed by atoms with Crippen molar-refractivity contribution in [3.8, 4) is 0 Å². The normalized spacial score (nSPS) is 18.5. The van der Waals surface area contributed by atoms with Gasteiger partial charge < -0.3 is 4.90 Å². The van der Waals surface area contributed by atoms with E-state index in [4.69, 9.17) is 11.6 Å². The molecule has 1 aromatic carbocycles. The van der Waals surface area contributed by atoms with Crippen molar-refractivity contribution in [2.45, 2.75) is 18.6 Å².